The van der Waals surface area contributed by atoms with E-state index in [-0.39, 0.29) is 11.6 Å². The van der Waals surface area contributed by atoms with Crippen LogP contribution < -0.4 is 5.56 Å². The Morgan fingerprint density at radius 2 is 1.47 bits per heavy atom. The van der Waals surface area contributed by atoms with E-state index in [2.05, 4.69) is 60.5 Å². The number of fused-ring (bicyclic) bond motifs is 3. The molecule has 5 rings (SSSR count). The summed E-state index contributed by atoms with van der Waals surface area (Å²) in [6.07, 6.45) is 0. The van der Waals surface area contributed by atoms with Crippen molar-refractivity contribution < 1.29 is 0 Å². The van der Waals surface area contributed by atoms with Crippen molar-refractivity contribution in [2.75, 3.05) is 7.05 Å². The number of nitrogens with zero attached hydrogens (tertiary/aromatic N) is 5. The molecule has 0 N–H and O–H groups in total. The van der Waals surface area contributed by atoms with Crippen molar-refractivity contribution in [3.8, 4) is 0 Å². The van der Waals surface area contributed by atoms with Crippen LogP contribution >= 0.6 is 12.2 Å². The topological polar surface area (TPSA) is 47.5 Å². The van der Waals surface area contributed by atoms with E-state index in [0.717, 1.165) is 5.52 Å². The Morgan fingerprint density at radius 1 is 0.906 bits per heavy atom. The molecule has 0 radical (unpaired) electrons. The zero-order valence-corrected chi connectivity index (χ0v) is 18.7. The van der Waals surface area contributed by atoms with E-state index in [0.29, 0.717) is 22.6 Å². The fourth-order valence-electron chi connectivity index (χ4n) is 4.30. The van der Waals surface area contributed by atoms with Gasteiger partial charge in [-0.15, -0.1) is 5.10 Å². The summed E-state index contributed by atoms with van der Waals surface area (Å²) in [5.74, 6) is 0.531. The maximum atomic E-state index is 12.8. The molecule has 0 fully saturated rings. The molecule has 0 saturated heterocycles. The van der Waals surface area contributed by atoms with Gasteiger partial charge in [0.2, 0.25) is 10.5 Å². The van der Waals surface area contributed by atoms with Gasteiger partial charge < -0.3 is 0 Å². The summed E-state index contributed by atoms with van der Waals surface area (Å²) in [6, 6.07) is 28.3. The monoisotopic (exact) mass is 441 g/mol. The van der Waals surface area contributed by atoms with Gasteiger partial charge in [-0.3, -0.25) is 18.7 Å². The van der Waals surface area contributed by atoms with Crippen molar-refractivity contribution in [1.29, 1.82) is 0 Å². The van der Waals surface area contributed by atoms with Crippen molar-refractivity contribution >= 4 is 28.9 Å². The van der Waals surface area contributed by atoms with Crippen LogP contribution in [0.25, 0.3) is 16.7 Å². The fourth-order valence-corrected chi connectivity index (χ4v) is 4.58. The maximum Gasteiger partial charge on any atom is 0.262 e. The van der Waals surface area contributed by atoms with Gasteiger partial charge in [-0.2, -0.15) is 0 Å². The van der Waals surface area contributed by atoms with Gasteiger partial charge in [0.15, 0.2) is 0 Å². The highest BCUT2D eigenvalue weighted by molar-refractivity contribution is 7.71. The highest BCUT2D eigenvalue weighted by Crippen LogP contribution is 2.28. The van der Waals surface area contributed by atoms with Gasteiger partial charge in [-0.1, -0.05) is 72.8 Å². The Bertz CT molecular complexity index is 1480. The van der Waals surface area contributed by atoms with Crippen LogP contribution in [0.4, 0.5) is 0 Å². The molecule has 32 heavy (non-hydrogen) atoms. The second-order valence-corrected chi connectivity index (χ2v) is 8.29. The van der Waals surface area contributed by atoms with Crippen LogP contribution in [0.3, 0.4) is 0 Å². The normalized spacial score (nSPS) is 11.8. The molecule has 0 unspecified atom stereocenters. The van der Waals surface area contributed by atoms with Gasteiger partial charge in [0.05, 0.1) is 23.6 Å². The van der Waals surface area contributed by atoms with Gasteiger partial charge in [0.25, 0.3) is 5.56 Å². The molecule has 7 heteroatoms. The van der Waals surface area contributed by atoms with Crippen LogP contribution in [0.2, 0.25) is 0 Å². The minimum Gasteiger partial charge on any atom is -0.279 e. The number of aryl methyl sites for hydroxylation is 1. The molecule has 0 saturated carbocycles. The lowest BCUT2D eigenvalue weighted by molar-refractivity contribution is 0.208. The van der Waals surface area contributed by atoms with Crippen LogP contribution in [0.5, 0.6) is 0 Å². The Kier molecular flexibility index (Phi) is 5.20. The number of rotatable bonds is 5. The minimum atomic E-state index is -0.0833. The van der Waals surface area contributed by atoms with E-state index < -0.39 is 0 Å². The van der Waals surface area contributed by atoms with Gasteiger partial charge in [0, 0.05) is 7.05 Å². The van der Waals surface area contributed by atoms with Crippen molar-refractivity contribution in [2.24, 2.45) is 7.05 Å². The Morgan fingerprint density at radius 3 is 2.09 bits per heavy atom. The van der Waals surface area contributed by atoms with Crippen molar-refractivity contribution in [2.45, 2.75) is 12.7 Å². The lowest BCUT2D eigenvalue weighted by atomic mass is 9.98. The lowest BCUT2D eigenvalue weighted by Gasteiger charge is -2.28. The van der Waals surface area contributed by atoms with Crippen LogP contribution in [0.15, 0.2) is 89.7 Å². The van der Waals surface area contributed by atoms with Crippen LogP contribution in [0, 0.1) is 4.77 Å². The molecule has 2 aromatic heterocycles. The maximum absolute atomic E-state index is 12.8. The van der Waals surface area contributed by atoms with Gasteiger partial charge in [0.1, 0.15) is 0 Å². The van der Waals surface area contributed by atoms with Gasteiger partial charge >= 0.3 is 0 Å². The predicted molar refractivity (Wildman–Crippen MR) is 129 cm³/mol. The van der Waals surface area contributed by atoms with E-state index >= 15 is 0 Å². The van der Waals surface area contributed by atoms with Gasteiger partial charge in [-0.25, -0.2) is 4.68 Å². The molecule has 0 bridgehead atoms. The predicted octanol–water partition coefficient (Wildman–Crippen LogP) is 4.40. The van der Waals surface area contributed by atoms with Gasteiger partial charge in [-0.05, 0) is 42.5 Å². The minimum absolute atomic E-state index is 0.0321. The molecule has 0 aliphatic heterocycles. The molecule has 2 heterocycles. The summed E-state index contributed by atoms with van der Waals surface area (Å²) in [5.41, 5.74) is 3.07. The average molecular weight is 442 g/mol. The van der Waals surface area contributed by atoms with E-state index in [1.54, 1.807) is 16.3 Å². The van der Waals surface area contributed by atoms with E-state index in [9.17, 15) is 4.79 Å². The molecule has 3 aromatic carbocycles. The summed E-state index contributed by atoms with van der Waals surface area (Å²) in [7, 11) is 3.80. The zero-order chi connectivity index (χ0) is 22.2. The fraction of sp³-hybridized carbons (Fsp3) is 0.160. The molecular weight excluding hydrogens is 418 g/mol. The summed E-state index contributed by atoms with van der Waals surface area (Å²) in [5, 5.41) is 5.35. The lowest BCUT2D eigenvalue weighted by Crippen LogP contribution is -2.28. The third kappa shape index (κ3) is 3.36. The molecule has 160 valence electrons. The average Bonchev–Trinajstić information content (AvgIpc) is 3.15. The molecule has 0 amide bonds. The second kappa shape index (κ2) is 8.18. The molecule has 6 nitrogen and oxygen atoms in total. The highest BCUT2D eigenvalue weighted by Gasteiger charge is 2.21. The summed E-state index contributed by atoms with van der Waals surface area (Å²) in [6.45, 7) is 0.470. The third-order valence-electron chi connectivity index (χ3n) is 5.83. The SMILES string of the molecule is CN(Cn1nc2n(C)c(=O)c3ccccc3n2c1=S)C(c1ccccc1)c1ccccc1. The van der Waals surface area contributed by atoms with Crippen LogP contribution in [-0.2, 0) is 13.7 Å². The molecule has 0 aliphatic rings. The third-order valence-corrected chi connectivity index (χ3v) is 6.22. The molecule has 5 aromatic rings. The first-order chi connectivity index (χ1) is 15.6. The standard InChI is InChI=1S/C25H23N5OS/c1-27(22(18-11-5-3-6-12-18)19-13-7-4-8-14-19)17-29-25(32)30-21-16-10-9-15-20(21)23(31)28(2)24(30)26-29/h3-16,22H,17H2,1-2H3. The molecule has 0 aliphatic carbocycles. The summed E-state index contributed by atoms with van der Waals surface area (Å²) >= 11 is 5.82. The number of hydrogen-bond acceptors (Lipinski definition) is 4. The summed E-state index contributed by atoms with van der Waals surface area (Å²) in [4.78, 5) is 15.0. The van der Waals surface area contributed by atoms with Crippen LogP contribution in [0.1, 0.15) is 17.2 Å². The smallest absolute Gasteiger partial charge is 0.262 e. The van der Waals surface area contributed by atoms with E-state index in [1.807, 2.05) is 40.8 Å². The number of para-hydroxylation sites is 1. The molecule has 0 atom stereocenters. The van der Waals surface area contributed by atoms with Crippen LogP contribution in [-0.4, -0.2) is 30.7 Å². The van der Waals surface area contributed by atoms with E-state index in [4.69, 9.17) is 17.3 Å². The second-order valence-electron chi connectivity index (χ2n) is 7.92. The number of hydrogen-bond donors (Lipinski definition) is 0. The quantitative estimate of drug-likeness (QED) is 0.380. The number of benzene rings is 3. The van der Waals surface area contributed by atoms with E-state index in [1.165, 1.54) is 11.1 Å². The van der Waals surface area contributed by atoms with Crippen molar-refractivity contribution in [1.82, 2.24) is 23.6 Å². The Balaban J connectivity index is 1.63. The first-order valence-electron chi connectivity index (χ1n) is 10.4. The Labute approximate surface area is 190 Å². The highest BCUT2D eigenvalue weighted by atomic mass is 32.1. The van der Waals surface area contributed by atoms with Crippen molar-refractivity contribution in [3.63, 3.8) is 0 Å². The first kappa shape index (κ1) is 20.4. The largest absolute Gasteiger partial charge is 0.279 e. The van der Waals surface area contributed by atoms with Crippen molar-refractivity contribution in [3.05, 3.63) is 111 Å². The first-order valence-corrected chi connectivity index (χ1v) is 10.8. The zero-order valence-electron chi connectivity index (χ0n) is 17.9. The molecule has 0 spiro atoms. The molecular formula is C25H23N5OS. The summed E-state index contributed by atoms with van der Waals surface area (Å²) < 4.78 is 5.77. The Hall–Kier alpha value is -3.55. The number of aromatic nitrogens is 4.